The molecule has 0 aliphatic carbocycles. The molecule has 0 atom stereocenters. The van der Waals surface area contributed by atoms with E-state index in [4.69, 9.17) is 21.1 Å². The number of imide groups is 1. The van der Waals surface area contributed by atoms with Crippen LogP contribution in [0.2, 0.25) is 5.02 Å². The average Bonchev–Trinajstić information content (AvgIpc) is 3.20. The van der Waals surface area contributed by atoms with E-state index in [1.807, 2.05) is 67.6 Å². The monoisotopic (exact) mass is 572 g/mol. The fraction of sp³-hybridized carbons (Fsp3) is 0.129. The number of anilines is 1. The van der Waals surface area contributed by atoms with E-state index in [1.54, 1.807) is 30.3 Å². The second-order valence-electron chi connectivity index (χ2n) is 9.06. The molecule has 1 heterocycles. The molecule has 1 fully saturated rings. The van der Waals surface area contributed by atoms with Crippen molar-refractivity contribution in [1.29, 1.82) is 0 Å². The Morgan fingerprint density at radius 3 is 2.58 bits per heavy atom. The number of nitrogens with zero attached hydrogens (tertiary/aromatic N) is 1. The maximum atomic E-state index is 12.9. The van der Waals surface area contributed by atoms with Crippen molar-refractivity contribution >= 4 is 63.0 Å². The number of carbonyl (C=O) groups is 3. The van der Waals surface area contributed by atoms with E-state index in [0.717, 1.165) is 28.1 Å². The Kier molecular flexibility index (Phi) is 8.38. The molecule has 0 bridgehead atoms. The molecule has 9 heteroatoms. The lowest BCUT2D eigenvalue weighted by atomic mass is 10.1. The van der Waals surface area contributed by atoms with Crippen molar-refractivity contribution in [1.82, 2.24) is 4.90 Å². The zero-order chi connectivity index (χ0) is 28.1. The third kappa shape index (κ3) is 6.47. The summed E-state index contributed by atoms with van der Waals surface area (Å²) in [5.41, 5.74) is 2.34. The number of hydrogen-bond donors (Lipinski definition) is 1. The Bertz CT molecular complexity index is 1630. The molecular formula is C31H25ClN2O5S. The number of hydrogen-bond acceptors (Lipinski definition) is 6. The molecule has 0 saturated carbocycles. The highest BCUT2D eigenvalue weighted by atomic mass is 35.5. The number of carbonyl (C=O) groups excluding carboxylic acids is 3. The van der Waals surface area contributed by atoms with Crippen molar-refractivity contribution in [2.75, 3.05) is 25.1 Å². The highest BCUT2D eigenvalue weighted by Crippen LogP contribution is 2.34. The van der Waals surface area contributed by atoms with Crippen LogP contribution in [-0.4, -0.2) is 41.7 Å². The van der Waals surface area contributed by atoms with Gasteiger partial charge in [0.25, 0.3) is 17.1 Å². The van der Waals surface area contributed by atoms with Gasteiger partial charge in [-0.05, 0) is 71.6 Å². The normalized spacial score (nSPS) is 14.2. The summed E-state index contributed by atoms with van der Waals surface area (Å²) in [6.45, 7) is 2.03. The Hall–Kier alpha value is -4.27. The number of ether oxygens (including phenoxy) is 2. The first-order valence-corrected chi connectivity index (χ1v) is 13.7. The molecule has 1 aliphatic rings. The third-order valence-corrected chi connectivity index (χ3v) is 7.31. The Balaban J connectivity index is 1.17. The van der Waals surface area contributed by atoms with E-state index in [-0.39, 0.29) is 46.7 Å². The maximum Gasteiger partial charge on any atom is 0.293 e. The van der Waals surface area contributed by atoms with Crippen molar-refractivity contribution in [2.45, 2.75) is 6.92 Å². The minimum atomic E-state index is -0.388. The fourth-order valence-corrected chi connectivity index (χ4v) is 5.31. The fourth-order valence-electron chi connectivity index (χ4n) is 4.20. The van der Waals surface area contributed by atoms with Gasteiger partial charge in [-0.25, -0.2) is 0 Å². The summed E-state index contributed by atoms with van der Waals surface area (Å²) in [7, 11) is 0. The molecule has 3 amide bonds. The Labute approximate surface area is 240 Å². The first-order valence-electron chi connectivity index (χ1n) is 12.5. The van der Waals surface area contributed by atoms with Crippen molar-refractivity contribution in [3.8, 4) is 11.5 Å². The van der Waals surface area contributed by atoms with Crippen molar-refractivity contribution in [3.63, 3.8) is 0 Å². The number of amides is 3. The topological polar surface area (TPSA) is 84.9 Å². The first-order chi connectivity index (χ1) is 19.4. The summed E-state index contributed by atoms with van der Waals surface area (Å²) in [6, 6.07) is 26.0. The summed E-state index contributed by atoms with van der Waals surface area (Å²) in [5.74, 6) is 0.326. The van der Waals surface area contributed by atoms with Crippen molar-refractivity contribution in [3.05, 3.63) is 106 Å². The molecular weight excluding hydrogens is 548 g/mol. The standard InChI is InChI=1S/C31H25ClN2O5S/c1-20-6-4-9-23(16-20)33-29(35)19-39-27-13-12-21(17-25(27)32)18-28-30(36)34(31(37)40-28)14-15-38-26-11-5-8-22-7-2-3-10-24(22)26/h2-13,16-18H,14-15,19H2,1H3,(H,33,35)/b28-18-. The van der Waals surface area contributed by atoms with E-state index in [1.165, 1.54) is 4.90 Å². The van der Waals surface area contributed by atoms with Crippen LogP contribution in [-0.2, 0) is 9.59 Å². The van der Waals surface area contributed by atoms with Gasteiger partial charge in [0.1, 0.15) is 18.1 Å². The molecule has 4 aromatic rings. The van der Waals surface area contributed by atoms with Gasteiger partial charge in [-0.3, -0.25) is 19.3 Å². The highest BCUT2D eigenvalue weighted by Gasteiger charge is 2.34. The van der Waals surface area contributed by atoms with Gasteiger partial charge in [-0.15, -0.1) is 0 Å². The zero-order valence-electron chi connectivity index (χ0n) is 21.6. The number of nitrogens with one attached hydrogen (secondary N) is 1. The number of rotatable bonds is 9. The van der Waals surface area contributed by atoms with Gasteiger partial charge in [0.05, 0.1) is 16.5 Å². The SMILES string of the molecule is Cc1cccc(NC(=O)COc2ccc(/C=C3\SC(=O)N(CCOc4cccc5ccccc45)C3=O)cc2Cl)c1. The van der Waals surface area contributed by atoms with Gasteiger partial charge in [0, 0.05) is 11.1 Å². The van der Waals surface area contributed by atoms with Gasteiger partial charge < -0.3 is 14.8 Å². The third-order valence-electron chi connectivity index (χ3n) is 6.11. The lowest BCUT2D eigenvalue weighted by Crippen LogP contribution is -2.32. The Morgan fingerprint density at radius 2 is 1.75 bits per heavy atom. The minimum absolute atomic E-state index is 0.128. The summed E-state index contributed by atoms with van der Waals surface area (Å²) < 4.78 is 11.5. The van der Waals surface area contributed by atoms with Gasteiger partial charge in [0.2, 0.25) is 0 Å². The maximum absolute atomic E-state index is 12.9. The first kappa shape index (κ1) is 27.3. The second kappa shape index (κ2) is 12.3. The molecule has 4 aromatic carbocycles. The molecule has 0 aromatic heterocycles. The van der Waals surface area contributed by atoms with Crippen LogP contribution in [0.5, 0.6) is 11.5 Å². The Morgan fingerprint density at radius 1 is 0.950 bits per heavy atom. The molecule has 1 aliphatic heterocycles. The molecule has 0 unspecified atom stereocenters. The number of halogens is 1. The van der Waals surface area contributed by atoms with Gasteiger partial charge in [-0.1, -0.05) is 66.2 Å². The number of benzene rings is 4. The largest absolute Gasteiger partial charge is 0.491 e. The van der Waals surface area contributed by atoms with E-state index >= 15 is 0 Å². The van der Waals surface area contributed by atoms with Crippen LogP contribution in [0, 0.1) is 6.92 Å². The molecule has 0 radical (unpaired) electrons. The predicted molar refractivity (Wildman–Crippen MR) is 159 cm³/mol. The predicted octanol–water partition coefficient (Wildman–Crippen LogP) is 6.93. The van der Waals surface area contributed by atoms with Crippen LogP contribution in [0.1, 0.15) is 11.1 Å². The summed E-state index contributed by atoms with van der Waals surface area (Å²) in [4.78, 5) is 39.2. The summed E-state index contributed by atoms with van der Waals surface area (Å²) in [5, 5.41) is 4.71. The molecule has 1 N–H and O–H groups in total. The van der Waals surface area contributed by atoms with Gasteiger partial charge in [0.15, 0.2) is 6.61 Å². The minimum Gasteiger partial charge on any atom is -0.491 e. The number of fused-ring (bicyclic) bond motifs is 1. The molecule has 5 rings (SSSR count). The van der Waals surface area contributed by atoms with Crippen molar-refractivity contribution in [2.24, 2.45) is 0 Å². The number of aryl methyl sites for hydroxylation is 1. The highest BCUT2D eigenvalue weighted by molar-refractivity contribution is 8.18. The van der Waals surface area contributed by atoms with Crippen LogP contribution in [0.4, 0.5) is 10.5 Å². The molecule has 0 spiro atoms. The van der Waals surface area contributed by atoms with Gasteiger partial charge >= 0.3 is 0 Å². The second-order valence-corrected chi connectivity index (χ2v) is 10.5. The lowest BCUT2D eigenvalue weighted by molar-refractivity contribution is -0.123. The van der Waals surface area contributed by atoms with E-state index < -0.39 is 0 Å². The molecule has 202 valence electrons. The van der Waals surface area contributed by atoms with Crippen LogP contribution < -0.4 is 14.8 Å². The van der Waals surface area contributed by atoms with E-state index in [0.29, 0.717) is 22.7 Å². The lowest BCUT2D eigenvalue weighted by Gasteiger charge is -2.14. The summed E-state index contributed by atoms with van der Waals surface area (Å²) in [6.07, 6.45) is 1.61. The van der Waals surface area contributed by atoms with E-state index in [9.17, 15) is 14.4 Å². The van der Waals surface area contributed by atoms with Crippen LogP contribution in [0.3, 0.4) is 0 Å². The van der Waals surface area contributed by atoms with Gasteiger partial charge in [-0.2, -0.15) is 0 Å². The zero-order valence-corrected chi connectivity index (χ0v) is 23.1. The average molecular weight is 573 g/mol. The van der Waals surface area contributed by atoms with Crippen LogP contribution in [0.15, 0.2) is 89.8 Å². The molecule has 40 heavy (non-hydrogen) atoms. The van der Waals surface area contributed by atoms with E-state index in [2.05, 4.69) is 5.32 Å². The van der Waals surface area contributed by atoms with Crippen LogP contribution in [0.25, 0.3) is 16.8 Å². The quantitative estimate of drug-likeness (QED) is 0.219. The molecule has 7 nitrogen and oxygen atoms in total. The van der Waals surface area contributed by atoms with Crippen molar-refractivity contribution < 1.29 is 23.9 Å². The summed E-state index contributed by atoms with van der Waals surface area (Å²) >= 11 is 7.24. The number of thioether (sulfide) groups is 1. The smallest absolute Gasteiger partial charge is 0.293 e. The van der Waals surface area contributed by atoms with Crippen LogP contribution >= 0.6 is 23.4 Å². The molecule has 1 saturated heterocycles.